The van der Waals surface area contributed by atoms with Crippen molar-refractivity contribution >= 4 is 39.1 Å². The number of carboxylic acid groups (broad SMARTS) is 1. The van der Waals surface area contributed by atoms with Crippen LogP contribution in [0.5, 0.6) is 0 Å². The average molecular weight is 377 g/mol. The summed E-state index contributed by atoms with van der Waals surface area (Å²) >= 11 is 7.48. The van der Waals surface area contributed by atoms with Crippen molar-refractivity contribution in [2.24, 2.45) is 0 Å². The van der Waals surface area contributed by atoms with Crippen LogP contribution < -0.4 is 5.56 Å². The van der Waals surface area contributed by atoms with E-state index in [0.29, 0.717) is 21.1 Å². The van der Waals surface area contributed by atoms with Gasteiger partial charge in [-0.25, -0.2) is 4.98 Å². The molecule has 0 amide bonds. The van der Waals surface area contributed by atoms with Crippen molar-refractivity contribution in [1.29, 1.82) is 0 Å². The molecule has 3 rings (SSSR count). The highest BCUT2D eigenvalue weighted by Gasteiger charge is 2.20. The first-order valence-electron chi connectivity index (χ1n) is 7.79. The summed E-state index contributed by atoms with van der Waals surface area (Å²) in [6.07, 6.45) is 0. The van der Waals surface area contributed by atoms with E-state index in [9.17, 15) is 14.7 Å². The number of thiophene rings is 1. The van der Waals surface area contributed by atoms with Crippen molar-refractivity contribution in [3.8, 4) is 11.1 Å². The summed E-state index contributed by atoms with van der Waals surface area (Å²) in [6, 6.07) is 5.57. The molecule has 0 radical (unpaired) electrons. The Labute approximate surface area is 153 Å². The summed E-state index contributed by atoms with van der Waals surface area (Å²) < 4.78 is 1.26. The average Bonchev–Trinajstić information content (AvgIpc) is 2.96. The van der Waals surface area contributed by atoms with Crippen LogP contribution in [0.25, 0.3) is 21.3 Å². The molecule has 0 bridgehead atoms. The van der Waals surface area contributed by atoms with Gasteiger partial charge in [0.25, 0.3) is 5.56 Å². The van der Waals surface area contributed by atoms with Crippen LogP contribution in [0.4, 0.5) is 0 Å². The lowest BCUT2D eigenvalue weighted by atomic mass is 10.0. The first kappa shape index (κ1) is 17.6. The zero-order valence-electron chi connectivity index (χ0n) is 14.0. The number of benzene rings is 1. The molecule has 0 aliphatic rings. The summed E-state index contributed by atoms with van der Waals surface area (Å²) in [5.41, 5.74) is 2.22. The van der Waals surface area contributed by atoms with Gasteiger partial charge in [0.2, 0.25) is 0 Å². The van der Waals surface area contributed by atoms with E-state index < -0.39 is 12.5 Å². The van der Waals surface area contributed by atoms with Gasteiger partial charge in [-0.1, -0.05) is 31.5 Å². The van der Waals surface area contributed by atoms with Crippen LogP contribution in [0.1, 0.15) is 31.2 Å². The van der Waals surface area contributed by atoms with Crippen LogP contribution in [-0.4, -0.2) is 20.6 Å². The minimum atomic E-state index is -1.07. The SMILES string of the molecule is Cc1cc(-c2csc3nc(C(C)C)n(CC(=O)O)c(=O)c23)ccc1Cl. The van der Waals surface area contributed by atoms with Gasteiger partial charge in [0, 0.05) is 21.9 Å². The number of hydrogen-bond donors (Lipinski definition) is 1. The van der Waals surface area contributed by atoms with Crippen LogP contribution >= 0.6 is 22.9 Å². The maximum Gasteiger partial charge on any atom is 0.323 e. The molecule has 2 aromatic heterocycles. The molecule has 7 heteroatoms. The highest BCUT2D eigenvalue weighted by atomic mass is 35.5. The third kappa shape index (κ3) is 3.19. The van der Waals surface area contributed by atoms with Gasteiger partial charge in [-0.3, -0.25) is 14.2 Å². The second-order valence-corrected chi connectivity index (χ2v) is 7.47. The molecule has 3 aromatic rings. The summed E-state index contributed by atoms with van der Waals surface area (Å²) in [4.78, 5) is 29.4. The maximum absolute atomic E-state index is 13.0. The zero-order valence-corrected chi connectivity index (χ0v) is 15.6. The Morgan fingerprint density at radius 1 is 1.40 bits per heavy atom. The van der Waals surface area contributed by atoms with Gasteiger partial charge < -0.3 is 5.11 Å². The molecule has 25 heavy (non-hydrogen) atoms. The predicted octanol–water partition coefficient (Wildman–Crippen LogP) is 4.29. The number of carboxylic acids is 1. The fraction of sp³-hybridized carbons (Fsp3) is 0.278. The van der Waals surface area contributed by atoms with Crippen molar-refractivity contribution in [2.75, 3.05) is 0 Å². The summed E-state index contributed by atoms with van der Waals surface area (Å²) in [5.74, 6) is -0.635. The molecule has 0 fully saturated rings. The van der Waals surface area contributed by atoms with E-state index in [2.05, 4.69) is 4.98 Å². The molecular weight excluding hydrogens is 360 g/mol. The van der Waals surface area contributed by atoms with Crippen molar-refractivity contribution in [3.05, 3.63) is 50.3 Å². The molecule has 0 aliphatic carbocycles. The van der Waals surface area contributed by atoms with Crippen molar-refractivity contribution in [3.63, 3.8) is 0 Å². The second-order valence-electron chi connectivity index (χ2n) is 6.20. The molecule has 0 aliphatic heterocycles. The van der Waals surface area contributed by atoms with Gasteiger partial charge >= 0.3 is 5.97 Å². The Morgan fingerprint density at radius 3 is 2.72 bits per heavy atom. The quantitative estimate of drug-likeness (QED) is 0.737. The number of aliphatic carboxylic acids is 1. The van der Waals surface area contributed by atoms with Crippen molar-refractivity contribution < 1.29 is 9.90 Å². The topological polar surface area (TPSA) is 72.2 Å². The second kappa shape index (κ2) is 6.61. The maximum atomic E-state index is 13.0. The molecule has 2 heterocycles. The van der Waals surface area contributed by atoms with Crippen LogP contribution in [0.2, 0.25) is 5.02 Å². The number of hydrogen-bond acceptors (Lipinski definition) is 4. The Balaban J connectivity index is 2.31. The summed E-state index contributed by atoms with van der Waals surface area (Å²) in [5, 5.41) is 12.2. The molecule has 0 unspecified atom stereocenters. The molecule has 0 saturated carbocycles. The number of rotatable bonds is 4. The fourth-order valence-corrected chi connectivity index (χ4v) is 3.86. The minimum Gasteiger partial charge on any atom is -0.480 e. The van der Waals surface area contributed by atoms with E-state index in [4.69, 9.17) is 11.6 Å². The Hall–Kier alpha value is -2.18. The molecule has 0 saturated heterocycles. The van der Waals surface area contributed by atoms with Gasteiger partial charge in [-0.2, -0.15) is 0 Å². The Kier molecular flexibility index (Phi) is 4.67. The van der Waals surface area contributed by atoms with Gasteiger partial charge in [0.05, 0.1) is 5.39 Å². The summed E-state index contributed by atoms with van der Waals surface area (Å²) in [7, 11) is 0. The Bertz CT molecular complexity index is 1040. The standard InChI is InChI=1S/C18H17ClN2O3S/c1-9(2)16-20-17-15(18(24)21(16)7-14(22)23)12(8-25-17)11-4-5-13(19)10(3)6-11/h4-6,8-9H,7H2,1-3H3,(H,22,23). The fourth-order valence-electron chi connectivity index (χ4n) is 2.79. The highest BCUT2D eigenvalue weighted by Crippen LogP contribution is 2.33. The third-order valence-electron chi connectivity index (χ3n) is 4.00. The van der Waals surface area contributed by atoms with E-state index in [1.165, 1.54) is 15.9 Å². The van der Waals surface area contributed by atoms with E-state index in [0.717, 1.165) is 16.7 Å². The third-order valence-corrected chi connectivity index (χ3v) is 5.30. The smallest absolute Gasteiger partial charge is 0.323 e. The molecule has 0 atom stereocenters. The molecule has 1 N–H and O–H groups in total. The lowest BCUT2D eigenvalue weighted by Gasteiger charge is -2.13. The van der Waals surface area contributed by atoms with Crippen molar-refractivity contribution in [2.45, 2.75) is 33.2 Å². The van der Waals surface area contributed by atoms with Crippen LogP contribution in [-0.2, 0) is 11.3 Å². The predicted molar refractivity (Wildman–Crippen MR) is 101 cm³/mol. The molecule has 1 aromatic carbocycles. The van der Waals surface area contributed by atoms with Gasteiger partial charge in [0.1, 0.15) is 17.2 Å². The number of aromatic nitrogens is 2. The molecule has 5 nitrogen and oxygen atoms in total. The number of fused-ring (bicyclic) bond motifs is 1. The van der Waals surface area contributed by atoms with Gasteiger partial charge in [-0.15, -0.1) is 11.3 Å². The van der Waals surface area contributed by atoms with Crippen LogP contribution in [0, 0.1) is 6.92 Å². The Morgan fingerprint density at radius 2 is 2.12 bits per heavy atom. The highest BCUT2D eigenvalue weighted by molar-refractivity contribution is 7.17. The van der Waals surface area contributed by atoms with Crippen LogP contribution in [0.15, 0.2) is 28.4 Å². The monoisotopic (exact) mass is 376 g/mol. The number of nitrogens with zero attached hydrogens (tertiary/aromatic N) is 2. The number of carbonyl (C=O) groups is 1. The van der Waals surface area contributed by atoms with E-state index in [1.54, 1.807) is 6.07 Å². The van der Waals surface area contributed by atoms with E-state index >= 15 is 0 Å². The first-order valence-corrected chi connectivity index (χ1v) is 9.05. The largest absolute Gasteiger partial charge is 0.480 e. The van der Waals surface area contributed by atoms with Crippen molar-refractivity contribution in [1.82, 2.24) is 9.55 Å². The number of aryl methyl sites for hydroxylation is 1. The lowest BCUT2D eigenvalue weighted by molar-refractivity contribution is -0.137. The molecule has 130 valence electrons. The molecular formula is C18H17ClN2O3S. The molecule has 0 spiro atoms. The lowest BCUT2D eigenvalue weighted by Crippen LogP contribution is -2.29. The van der Waals surface area contributed by atoms with Gasteiger partial charge in [-0.05, 0) is 30.2 Å². The van der Waals surface area contributed by atoms with E-state index in [1.807, 2.05) is 38.3 Å². The first-order chi connectivity index (χ1) is 11.8. The zero-order chi connectivity index (χ0) is 18.3. The number of halogens is 1. The summed E-state index contributed by atoms with van der Waals surface area (Å²) in [6.45, 7) is 5.29. The normalized spacial score (nSPS) is 11.4. The minimum absolute atomic E-state index is 0.0558. The van der Waals surface area contributed by atoms with E-state index in [-0.39, 0.29) is 11.5 Å². The van der Waals surface area contributed by atoms with Crippen LogP contribution in [0.3, 0.4) is 0 Å². The van der Waals surface area contributed by atoms with Gasteiger partial charge in [0.15, 0.2) is 0 Å².